The molecule has 0 amide bonds. The predicted octanol–water partition coefficient (Wildman–Crippen LogP) is 3.82. The van der Waals surface area contributed by atoms with Gasteiger partial charge >= 0.3 is 0 Å². The summed E-state index contributed by atoms with van der Waals surface area (Å²) in [6.45, 7) is 10.7. The van der Waals surface area contributed by atoms with E-state index in [0.29, 0.717) is 0 Å². The molecule has 0 aliphatic heterocycles. The minimum Gasteiger partial charge on any atom is -0.494 e. The van der Waals surface area contributed by atoms with Gasteiger partial charge in [0.25, 0.3) is 0 Å². The van der Waals surface area contributed by atoms with Crippen LogP contribution in [0.1, 0.15) is 30.0 Å². The topological polar surface area (TPSA) is 9.23 Å². The normalized spacial score (nSPS) is 10.1. The SMILES string of the molecule is C=CCCc1cc(C)c(OCC)cc1C. The molecule has 0 N–H and O–H groups in total. The molecule has 0 heterocycles. The van der Waals surface area contributed by atoms with Crippen molar-refractivity contribution < 1.29 is 4.74 Å². The van der Waals surface area contributed by atoms with Gasteiger partial charge in [-0.15, -0.1) is 6.58 Å². The van der Waals surface area contributed by atoms with Gasteiger partial charge in [0, 0.05) is 0 Å². The van der Waals surface area contributed by atoms with Gasteiger partial charge in [0.1, 0.15) is 5.75 Å². The van der Waals surface area contributed by atoms with E-state index >= 15 is 0 Å². The molecule has 0 aromatic heterocycles. The molecule has 1 aromatic rings. The van der Waals surface area contributed by atoms with Gasteiger partial charge in [0.2, 0.25) is 0 Å². The monoisotopic (exact) mass is 204 g/mol. The highest BCUT2D eigenvalue weighted by Crippen LogP contribution is 2.23. The van der Waals surface area contributed by atoms with E-state index in [1.807, 2.05) is 13.0 Å². The van der Waals surface area contributed by atoms with Crippen molar-refractivity contribution in [2.24, 2.45) is 0 Å². The van der Waals surface area contributed by atoms with Crippen molar-refractivity contribution in [1.82, 2.24) is 0 Å². The van der Waals surface area contributed by atoms with E-state index in [2.05, 4.69) is 32.6 Å². The second kappa shape index (κ2) is 5.59. The molecule has 1 nitrogen and oxygen atoms in total. The summed E-state index contributed by atoms with van der Waals surface area (Å²) in [5.41, 5.74) is 3.93. The summed E-state index contributed by atoms with van der Waals surface area (Å²) in [6, 6.07) is 4.36. The molecule has 0 fully saturated rings. The Morgan fingerprint density at radius 1 is 1.27 bits per heavy atom. The minimum atomic E-state index is 0.728. The Morgan fingerprint density at radius 3 is 2.60 bits per heavy atom. The number of benzene rings is 1. The molecule has 0 aliphatic rings. The molecular weight excluding hydrogens is 184 g/mol. The Labute approximate surface area is 92.8 Å². The van der Waals surface area contributed by atoms with Crippen LogP contribution in [-0.2, 0) is 6.42 Å². The van der Waals surface area contributed by atoms with Crippen LogP contribution < -0.4 is 4.74 Å². The smallest absolute Gasteiger partial charge is 0.122 e. The summed E-state index contributed by atoms with van der Waals surface area (Å²) in [5, 5.41) is 0. The Balaban J connectivity index is 2.91. The molecular formula is C14H20O. The van der Waals surface area contributed by atoms with Crippen LogP contribution in [0.4, 0.5) is 0 Å². The van der Waals surface area contributed by atoms with Gasteiger partial charge in [-0.2, -0.15) is 0 Å². The first-order chi connectivity index (χ1) is 7.19. The molecule has 0 saturated heterocycles. The molecule has 0 saturated carbocycles. The van der Waals surface area contributed by atoms with E-state index in [9.17, 15) is 0 Å². The Hall–Kier alpha value is -1.24. The summed E-state index contributed by atoms with van der Waals surface area (Å²) in [6.07, 6.45) is 4.07. The van der Waals surface area contributed by atoms with E-state index in [1.54, 1.807) is 0 Å². The zero-order valence-electron chi connectivity index (χ0n) is 9.97. The maximum Gasteiger partial charge on any atom is 0.122 e. The predicted molar refractivity (Wildman–Crippen MR) is 65.6 cm³/mol. The van der Waals surface area contributed by atoms with Crippen molar-refractivity contribution in [3.63, 3.8) is 0 Å². The summed E-state index contributed by atoms with van der Waals surface area (Å²) < 4.78 is 5.56. The third kappa shape index (κ3) is 3.12. The van der Waals surface area contributed by atoms with Crippen LogP contribution in [0, 0.1) is 13.8 Å². The molecule has 1 aromatic carbocycles. The van der Waals surface area contributed by atoms with Crippen LogP contribution in [-0.4, -0.2) is 6.61 Å². The summed E-state index contributed by atoms with van der Waals surface area (Å²) in [4.78, 5) is 0. The third-order valence-corrected chi connectivity index (χ3v) is 2.55. The fourth-order valence-corrected chi connectivity index (χ4v) is 1.69. The molecule has 0 bridgehead atoms. The Bertz CT molecular complexity index is 339. The second-order valence-electron chi connectivity index (χ2n) is 3.80. The van der Waals surface area contributed by atoms with E-state index < -0.39 is 0 Å². The lowest BCUT2D eigenvalue weighted by Crippen LogP contribution is -1.97. The summed E-state index contributed by atoms with van der Waals surface area (Å²) >= 11 is 0. The minimum absolute atomic E-state index is 0.728. The number of hydrogen-bond acceptors (Lipinski definition) is 1. The molecule has 0 spiro atoms. The first kappa shape index (κ1) is 11.8. The van der Waals surface area contributed by atoms with E-state index in [0.717, 1.165) is 25.2 Å². The van der Waals surface area contributed by atoms with Crippen molar-refractivity contribution in [3.05, 3.63) is 41.5 Å². The fourth-order valence-electron chi connectivity index (χ4n) is 1.69. The van der Waals surface area contributed by atoms with Gasteiger partial charge in [-0.05, 0) is 56.4 Å². The first-order valence-corrected chi connectivity index (χ1v) is 5.52. The van der Waals surface area contributed by atoms with E-state index in [4.69, 9.17) is 4.74 Å². The van der Waals surface area contributed by atoms with Crippen molar-refractivity contribution in [2.45, 2.75) is 33.6 Å². The van der Waals surface area contributed by atoms with Gasteiger partial charge in [-0.1, -0.05) is 12.1 Å². The van der Waals surface area contributed by atoms with Crippen LogP contribution >= 0.6 is 0 Å². The molecule has 82 valence electrons. The van der Waals surface area contributed by atoms with Crippen molar-refractivity contribution >= 4 is 0 Å². The lowest BCUT2D eigenvalue weighted by atomic mass is 10.0. The Morgan fingerprint density at radius 2 is 2.00 bits per heavy atom. The lowest BCUT2D eigenvalue weighted by Gasteiger charge is -2.11. The van der Waals surface area contributed by atoms with Crippen molar-refractivity contribution in [2.75, 3.05) is 6.61 Å². The highest BCUT2D eigenvalue weighted by atomic mass is 16.5. The molecule has 1 heteroatoms. The van der Waals surface area contributed by atoms with Crippen LogP contribution in [0.25, 0.3) is 0 Å². The zero-order valence-corrected chi connectivity index (χ0v) is 9.97. The van der Waals surface area contributed by atoms with Crippen LogP contribution in [0.15, 0.2) is 24.8 Å². The van der Waals surface area contributed by atoms with Gasteiger partial charge in [0.15, 0.2) is 0 Å². The molecule has 0 aliphatic carbocycles. The van der Waals surface area contributed by atoms with Crippen molar-refractivity contribution in [3.8, 4) is 5.75 Å². The van der Waals surface area contributed by atoms with E-state index in [-0.39, 0.29) is 0 Å². The third-order valence-electron chi connectivity index (χ3n) is 2.55. The van der Waals surface area contributed by atoms with Gasteiger partial charge in [0.05, 0.1) is 6.61 Å². The average molecular weight is 204 g/mol. The number of aryl methyl sites for hydroxylation is 3. The maximum absolute atomic E-state index is 5.56. The highest BCUT2D eigenvalue weighted by molar-refractivity contribution is 5.41. The quantitative estimate of drug-likeness (QED) is 0.662. The summed E-state index contributed by atoms with van der Waals surface area (Å²) in [7, 11) is 0. The largest absolute Gasteiger partial charge is 0.494 e. The zero-order chi connectivity index (χ0) is 11.3. The number of ether oxygens (including phenoxy) is 1. The standard InChI is InChI=1S/C14H20O/c1-5-7-8-13-9-12(4)14(15-6-2)10-11(13)3/h5,9-10H,1,6-8H2,2-4H3. The molecule has 0 atom stereocenters. The second-order valence-corrected chi connectivity index (χ2v) is 3.80. The molecule has 1 rings (SSSR count). The van der Waals surface area contributed by atoms with Gasteiger partial charge < -0.3 is 4.74 Å². The Kier molecular flexibility index (Phi) is 4.41. The first-order valence-electron chi connectivity index (χ1n) is 5.52. The van der Waals surface area contributed by atoms with Gasteiger partial charge in [-0.3, -0.25) is 0 Å². The maximum atomic E-state index is 5.56. The molecule has 0 radical (unpaired) electrons. The lowest BCUT2D eigenvalue weighted by molar-refractivity contribution is 0.337. The van der Waals surface area contributed by atoms with Gasteiger partial charge in [-0.25, -0.2) is 0 Å². The summed E-state index contributed by atoms with van der Waals surface area (Å²) in [5.74, 6) is 1.01. The number of rotatable bonds is 5. The van der Waals surface area contributed by atoms with Crippen molar-refractivity contribution in [1.29, 1.82) is 0 Å². The highest BCUT2D eigenvalue weighted by Gasteiger charge is 2.04. The molecule has 0 unspecified atom stereocenters. The van der Waals surface area contributed by atoms with Crippen LogP contribution in [0.5, 0.6) is 5.75 Å². The van der Waals surface area contributed by atoms with E-state index in [1.165, 1.54) is 16.7 Å². The number of hydrogen-bond donors (Lipinski definition) is 0. The fraction of sp³-hybridized carbons (Fsp3) is 0.429. The van der Waals surface area contributed by atoms with Crippen LogP contribution in [0.2, 0.25) is 0 Å². The van der Waals surface area contributed by atoms with Crippen LogP contribution in [0.3, 0.4) is 0 Å². The molecule has 15 heavy (non-hydrogen) atoms. The average Bonchev–Trinajstić information content (AvgIpc) is 2.21. The number of allylic oxidation sites excluding steroid dienone is 1.